The normalized spacial score (nSPS) is 12.3. The molecular weight excluding hydrogens is 303 g/mol. The van der Waals surface area contributed by atoms with Crippen LogP contribution in [0.3, 0.4) is 0 Å². The van der Waals surface area contributed by atoms with E-state index < -0.39 is 17.4 Å². The number of rotatable bonds is 6. The van der Waals surface area contributed by atoms with Crippen LogP contribution < -0.4 is 10.6 Å². The topological polar surface area (TPSA) is 54.4 Å². The molecule has 3 nitrogen and oxygen atoms in total. The van der Waals surface area contributed by atoms with Gasteiger partial charge in [-0.3, -0.25) is 4.55 Å². The van der Waals surface area contributed by atoms with E-state index in [9.17, 15) is 8.42 Å². The summed E-state index contributed by atoms with van der Waals surface area (Å²) in [5, 5.41) is 2.51. The van der Waals surface area contributed by atoms with Gasteiger partial charge < -0.3 is 0 Å². The fraction of sp³-hybridized carbons (Fsp3) is 0.250. The first-order chi connectivity index (χ1) is 9.92. The van der Waals surface area contributed by atoms with Crippen molar-refractivity contribution in [3.63, 3.8) is 0 Å². The maximum atomic E-state index is 11.0. The van der Waals surface area contributed by atoms with Crippen LogP contribution >= 0.6 is 7.26 Å². The van der Waals surface area contributed by atoms with E-state index in [1.54, 1.807) is 0 Å². The Bertz CT molecular complexity index is 630. The van der Waals surface area contributed by atoms with Crippen molar-refractivity contribution >= 4 is 28.0 Å². The molecule has 0 aromatic heterocycles. The van der Waals surface area contributed by atoms with Crippen molar-refractivity contribution in [3.05, 3.63) is 60.7 Å². The van der Waals surface area contributed by atoms with E-state index in [2.05, 4.69) is 30.9 Å². The number of hydrogen-bond donors (Lipinski definition) is 1. The number of hydrogen-bond acceptors (Lipinski definition) is 2. The van der Waals surface area contributed by atoms with Crippen molar-refractivity contribution in [2.45, 2.75) is 6.42 Å². The van der Waals surface area contributed by atoms with Crippen LogP contribution in [0.5, 0.6) is 0 Å². The van der Waals surface area contributed by atoms with Crippen LogP contribution in [0, 0.1) is 0 Å². The first kappa shape index (κ1) is 16.2. The predicted octanol–water partition coefficient (Wildman–Crippen LogP) is 2.56. The molecule has 0 fully saturated rings. The molecule has 0 unspecified atom stereocenters. The Balaban J connectivity index is 2.31. The quantitative estimate of drug-likeness (QED) is 0.656. The van der Waals surface area contributed by atoms with E-state index in [1.165, 1.54) is 10.6 Å². The van der Waals surface area contributed by atoms with Gasteiger partial charge in [0.25, 0.3) is 10.1 Å². The third kappa shape index (κ3) is 4.37. The van der Waals surface area contributed by atoms with Gasteiger partial charge in [0, 0.05) is 0 Å². The molecule has 0 aliphatic rings. The Morgan fingerprint density at radius 3 is 1.71 bits per heavy atom. The Hall–Kier alpha value is -1.22. The van der Waals surface area contributed by atoms with Gasteiger partial charge >= 0.3 is 0 Å². The maximum absolute atomic E-state index is 11.0. The zero-order valence-electron chi connectivity index (χ0n) is 12.0. The first-order valence-corrected chi connectivity index (χ1v) is 10.9. The van der Waals surface area contributed by atoms with Crippen LogP contribution in [0.2, 0.25) is 0 Å². The zero-order valence-corrected chi connectivity index (χ0v) is 13.7. The second-order valence-electron chi connectivity index (χ2n) is 5.23. The zero-order chi connectivity index (χ0) is 15.3. The summed E-state index contributed by atoms with van der Waals surface area (Å²) >= 11 is 0. The van der Waals surface area contributed by atoms with Crippen molar-refractivity contribution in [2.75, 3.05) is 18.6 Å². The van der Waals surface area contributed by atoms with E-state index in [-0.39, 0.29) is 5.75 Å². The van der Waals surface area contributed by atoms with Crippen molar-refractivity contribution < 1.29 is 13.0 Å². The Kier molecular flexibility index (Phi) is 5.15. The molecule has 0 aliphatic carbocycles. The highest BCUT2D eigenvalue weighted by molar-refractivity contribution is 7.89. The molecule has 112 valence electrons. The first-order valence-electron chi connectivity index (χ1n) is 6.84. The summed E-state index contributed by atoms with van der Waals surface area (Å²) in [7, 11) is -5.53. The molecule has 0 radical (unpaired) electrons. The summed E-state index contributed by atoms with van der Waals surface area (Å²) < 4.78 is 30.9. The van der Waals surface area contributed by atoms with E-state index in [1.807, 2.05) is 36.4 Å². The second kappa shape index (κ2) is 6.69. The average Bonchev–Trinajstić information content (AvgIpc) is 2.47. The van der Waals surface area contributed by atoms with E-state index in [0.717, 1.165) is 6.16 Å². The van der Waals surface area contributed by atoms with E-state index >= 15 is 0 Å². The molecule has 5 heteroatoms. The summed E-state index contributed by atoms with van der Waals surface area (Å²) in [6.45, 7) is 2.22. The summed E-state index contributed by atoms with van der Waals surface area (Å²) in [4.78, 5) is 0. The van der Waals surface area contributed by atoms with E-state index in [4.69, 9.17) is 4.55 Å². The van der Waals surface area contributed by atoms with Gasteiger partial charge in [-0.05, 0) is 30.7 Å². The fourth-order valence-corrected chi connectivity index (χ4v) is 6.47. The smallest absolute Gasteiger partial charge is 0.264 e. The highest BCUT2D eigenvalue weighted by Crippen LogP contribution is 2.53. The average molecular weight is 323 g/mol. The largest absolute Gasteiger partial charge is 0.286 e. The van der Waals surface area contributed by atoms with Crippen LogP contribution in [0.25, 0.3) is 0 Å². The molecule has 0 heterocycles. The molecule has 0 atom stereocenters. The van der Waals surface area contributed by atoms with Crippen molar-refractivity contribution in [1.29, 1.82) is 0 Å². The maximum Gasteiger partial charge on any atom is 0.264 e. The summed E-state index contributed by atoms with van der Waals surface area (Å²) in [6, 6.07) is 20.4. The molecule has 2 aromatic rings. The van der Waals surface area contributed by atoms with Gasteiger partial charge in [0.2, 0.25) is 0 Å². The number of benzene rings is 2. The molecule has 2 aromatic carbocycles. The standard InChI is InChI=1S/C16H19O3PS/c1-20(13-8-14-21(17,18)19,15-9-4-2-5-10-15)16-11-6-3-7-12-16/h2-7,9-12H,8,13-14H2,1H3/p+1. The minimum atomic E-state index is -3.89. The third-order valence-corrected chi connectivity index (χ3v) is 8.55. The molecule has 0 spiro atoms. The van der Waals surface area contributed by atoms with Crippen molar-refractivity contribution in [1.82, 2.24) is 0 Å². The highest BCUT2D eigenvalue weighted by Gasteiger charge is 2.36. The molecule has 2 rings (SSSR count). The minimum Gasteiger partial charge on any atom is -0.286 e. The minimum absolute atomic E-state index is 0.178. The Morgan fingerprint density at radius 2 is 1.33 bits per heavy atom. The third-order valence-electron chi connectivity index (χ3n) is 3.66. The van der Waals surface area contributed by atoms with Gasteiger partial charge in [-0.2, -0.15) is 8.42 Å². The molecule has 0 saturated carbocycles. The van der Waals surface area contributed by atoms with Gasteiger partial charge in [-0.1, -0.05) is 36.4 Å². The lowest BCUT2D eigenvalue weighted by molar-refractivity contribution is 0.482. The molecule has 1 N–H and O–H groups in total. The second-order valence-corrected chi connectivity index (χ2v) is 10.7. The van der Waals surface area contributed by atoms with Crippen LogP contribution in [0.1, 0.15) is 6.42 Å². The van der Waals surface area contributed by atoms with Crippen molar-refractivity contribution in [2.24, 2.45) is 0 Å². The van der Waals surface area contributed by atoms with Gasteiger partial charge in [-0.25, -0.2) is 0 Å². The van der Waals surface area contributed by atoms with Gasteiger partial charge in [0.1, 0.15) is 0 Å². The summed E-state index contributed by atoms with van der Waals surface area (Å²) in [5.41, 5.74) is 0. The van der Waals surface area contributed by atoms with Crippen LogP contribution in [-0.2, 0) is 10.1 Å². The molecule has 0 amide bonds. The fourth-order valence-electron chi connectivity index (χ4n) is 2.48. The summed E-state index contributed by atoms with van der Waals surface area (Å²) in [5.74, 6) is -0.178. The molecule has 0 saturated heterocycles. The Labute approximate surface area is 127 Å². The van der Waals surface area contributed by atoms with Gasteiger partial charge in [0.05, 0.1) is 36.5 Å². The lowest BCUT2D eigenvalue weighted by Crippen LogP contribution is -2.24. The van der Waals surface area contributed by atoms with Crippen LogP contribution in [0.4, 0.5) is 0 Å². The molecule has 0 aliphatic heterocycles. The van der Waals surface area contributed by atoms with E-state index in [0.29, 0.717) is 6.42 Å². The monoisotopic (exact) mass is 323 g/mol. The van der Waals surface area contributed by atoms with Crippen LogP contribution in [0.15, 0.2) is 60.7 Å². The Morgan fingerprint density at radius 1 is 0.905 bits per heavy atom. The van der Waals surface area contributed by atoms with Gasteiger partial charge in [-0.15, -0.1) is 0 Å². The highest BCUT2D eigenvalue weighted by atomic mass is 32.2. The summed E-state index contributed by atoms with van der Waals surface area (Å²) in [6.07, 6.45) is 1.23. The molecule has 21 heavy (non-hydrogen) atoms. The lowest BCUT2D eigenvalue weighted by atomic mass is 10.4. The van der Waals surface area contributed by atoms with Gasteiger partial charge in [0.15, 0.2) is 0 Å². The predicted molar refractivity (Wildman–Crippen MR) is 90.9 cm³/mol. The molecular formula is C16H20O3PS+. The SMILES string of the molecule is C[P+](CCCS(=O)(=O)O)(c1ccccc1)c1ccccc1. The van der Waals surface area contributed by atoms with Crippen LogP contribution in [-0.4, -0.2) is 31.6 Å². The lowest BCUT2D eigenvalue weighted by Gasteiger charge is -2.23. The van der Waals surface area contributed by atoms with Crippen molar-refractivity contribution in [3.8, 4) is 0 Å². The molecule has 0 bridgehead atoms.